The third-order valence-corrected chi connectivity index (χ3v) is 17.4. The third-order valence-electron chi connectivity index (χ3n) is 17.4. The molecule has 3 N–H and O–H groups in total. The van der Waals surface area contributed by atoms with Crippen molar-refractivity contribution >= 4 is 43.1 Å². The molecule has 5 atom stereocenters. The van der Waals surface area contributed by atoms with Crippen LogP contribution in [0.3, 0.4) is 0 Å². The summed E-state index contributed by atoms with van der Waals surface area (Å²) in [5.41, 5.74) is 18.1. The Balaban J connectivity index is 1.22. The molecule has 280 valence electrons. The maximum absolute atomic E-state index is 3.91. The molecule has 4 nitrogen and oxygen atoms in total. The fourth-order valence-corrected chi connectivity index (χ4v) is 14.3. The number of rotatable bonds is 0. The van der Waals surface area contributed by atoms with Gasteiger partial charge in [0, 0.05) is 80.6 Å². The van der Waals surface area contributed by atoms with Crippen LogP contribution in [0, 0.1) is 5.41 Å². The van der Waals surface area contributed by atoms with E-state index in [1.165, 1.54) is 115 Å². The topological polar surface area (TPSA) is 39.3 Å². The van der Waals surface area contributed by atoms with E-state index in [1.807, 2.05) is 0 Å². The number of nitrogens with zero attached hydrogens (tertiary/aromatic N) is 1. The van der Waals surface area contributed by atoms with E-state index < -0.39 is 0 Å². The highest BCUT2D eigenvalue weighted by Gasteiger charge is 2.80. The molecule has 0 amide bonds. The zero-order valence-electron chi connectivity index (χ0n) is 33.5. The van der Waals surface area contributed by atoms with Gasteiger partial charge in [-0.15, -0.1) is 0 Å². The van der Waals surface area contributed by atoms with Gasteiger partial charge in [0.2, 0.25) is 0 Å². The first-order valence-corrected chi connectivity index (χ1v) is 21.5. The quantitative estimate of drug-likeness (QED) is 0.145. The molecule has 0 saturated carbocycles. The zero-order valence-corrected chi connectivity index (χ0v) is 33.5. The maximum atomic E-state index is 3.91. The molecule has 18 bridgehead atoms. The van der Waals surface area contributed by atoms with Gasteiger partial charge in [0.05, 0.1) is 0 Å². The van der Waals surface area contributed by atoms with Crippen molar-refractivity contribution in [1.82, 2.24) is 20.9 Å². The molecule has 7 aromatic carbocycles. The number of hydrogen-bond acceptors (Lipinski definition) is 4. The Morgan fingerprint density at radius 2 is 0.719 bits per heavy atom. The second-order valence-electron chi connectivity index (χ2n) is 19.5. The summed E-state index contributed by atoms with van der Waals surface area (Å²) >= 11 is 0. The second-order valence-corrected chi connectivity index (χ2v) is 19.5. The SMILES string of the molecule is CC12c3cc4c5cc6cc(c5)c5cc7c1cc5c1cc5cc(c1)c4cc3[C@@]1(C)c3cc4c(cc3[C@]7(C)C21C)-c1cc(cc-4c1)CNCCN(CCNC5)CCNC6. The highest BCUT2D eigenvalue weighted by molar-refractivity contribution is 6.15. The second kappa shape index (κ2) is 10.2. The largest absolute Gasteiger partial charge is 0.311 e. The van der Waals surface area contributed by atoms with Gasteiger partial charge < -0.3 is 16.0 Å². The van der Waals surface area contributed by atoms with Crippen LogP contribution >= 0.6 is 0 Å². The summed E-state index contributed by atoms with van der Waals surface area (Å²) in [4.78, 5) is 2.63. The van der Waals surface area contributed by atoms with Gasteiger partial charge in [-0.25, -0.2) is 0 Å². The van der Waals surface area contributed by atoms with Crippen LogP contribution in [-0.4, -0.2) is 44.2 Å². The molecular formula is C53H48N4. The van der Waals surface area contributed by atoms with Crippen molar-refractivity contribution in [1.29, 1.82) is 0 Å². The highest BCUT2D eigenvalue weighted by atomic mass is 15.2. The van der Waals surface area contributed by atoms with Gasteiger partial charge in [-0.1, -0.05) is 27.7 Å². The van der Waals surface area contributed by atoms with Crippen molar-refractivity contribution in [2.24, 2.45) is 5.41 Å². The Morgan fingerprint density at radius 1 is 0.386 bits per heavy atom. The van der Waals surface area contributed by atoms with Crippen LogP contribution in [0.1, 0.15) is 77.8 Å². The van der Waals surface area contributed by atoms with Crippen LogP contribution in [0.4, 0.5) is 0 Å². The van der Waals surface area contributed by atoms with E-state index >= 15 is 0 Å². The smallest absolute Gasteiger partial charge is 0.0258 e. The van der Waals surface area contributed by atoms with Crippen LogP contribution in [0.25, 0.3) is 65.3 Å². The van der Waals surface area contributed by atoms with Crippen molar-refractivity contribution in [2.75, 3.05) is 39.3 Å². The van der Waals surface area contributed by atoms with E-state index in [4.69, 9.17) is 0 Å². The molecule has 4 aliphatic carbocycles. The van der Waals surface area contributed by atoms with Crippen LogP contribution < -0.4 is 16.0 Å². The standard InChI is InChI=1S/C53H48N4/c1-50-44-20-38-32-11-29-12-33(17-32)39(38)21-45(44)51(2)47-23-41-35-14-31-15-36(19-35)42-24-48-46(50)22-40(42)34-13-30(27-55-6-9-57(8-5-54-26-29)10-7-56-28-31)16-37(18-34)43(41)25-49(47)52(48,3)53(50,51)4/h11-25,54-56H,5-10,26-28H2,1-4H3/t50-,51+,52?,53?. The summed E-state index contributed by atoms with van der Waals surface area (Å²) in [6.45, 7) is 19.2. The Morgan fingerprint density at radius 3 is 1.09 bits per heavy atom. The van der Waals surface area contributed by atoms with Crippen molar-refractivity contribution < 1.29 is 0 Å². The Kier molecular flexibility index (Phi) is 5.77. The molecule has 0 radical (unpaired) electrons. The minimum atomic E-state index is -0.219. The molecule has 57 heavy (non-hydrogen) atoms. The molecule has 0 saturated heterocycles. The average Bonchev–Trinajstić information content (AvgIpc) is 3.69. The Labute approximate surface area is 334 Å². The molecule has 0 aromatic heterocycles. The summed E-state index contributed by atoms with van der Waals surface area (Å²) in [6, 6.07) is 38.6. The van der Waals surface area contributed by atoms with Gasteiger partial charge >= 0.3 is 0 Å². The summed E-state index contributed by atoms with van der Waals surface area (Å²) in [7, 11) is 0. The van der Waals surface area contributed by atoms with E-state index in [-0.39, 0.29) is 21.7 Å². The van der Waals surface area contributed by atoms with Gasteiger partial charge in [0.25, 0.3) is 0 Å². The molecule has 0 spiro atoms. The first-order chi connectivity index (χ1) is 27.7. The molecule has 4 heteroatoms. The molecule has 15 rings (SSSR count). The van der Waals surface area contributed by atoms with Crippen molar-refractivity contribution in [3.05, 3.63) is 141 Å². The fourth-order valence-electron chi connectivity index (χ4n) is 14.3. The molecular weight excluding hydrogens is 693 g/mol. The van der Waals surface area contributed by atoms with Crippen LogP contribution in [0.2, 0.25) is 0 Å². The van der Waals surface area contributed by atoms with E-state index in [9.17, 15) is 0 Å². The van der Waals surface area contributed by atoms with Gasteiger partial charge in [0.1, 0.15) is 0 Å². The van der Waals surface area contributed by atoms with E-state index in [1.54, 1.807) is 0 Å². The first kappa shape index (κ1) is 32.2. The minimum absolute atomic E-state index is 0.136. The molecule has 8 aliphatic rings. The van der Waals surface area contributed by atoms with E-state index in [2.05, 4.69) is 140 Å². The molecule has 0 fully saturated rings. The zero-order chi connectivity index (χ0) is 37.8. The lowest BCUT2D eigenvalue weighted by atomic mass is 9.52. The number of nitrogens with one attached hydrogen (secondary N) is 3. The summed E-state index contributed by atoms with van der Waals surface area (Å²) in [5, 5.41) is 22.5. The summed E-state index contributed by atoms with van der Waals surface area (Å²) < 4.78 is 0. The van der Waals surface area contributed by atoms with E-state index in [0.717, 1.165) is 58.9 Å². The monoisotopic (exact) mass is 740 g/mol. The molecule has 7 aromatic rings. The minimum Gasteiger partial charge on any atom is -0.311 e. The summed E-state index contributed by atoms with van der Waals surface area (Å²) in [5.74, 6) is 0. The third kappa shape index (κ3) is 3.53. The highest BCUT2D eigenvalue weighted by Crippen LogP contribution is 2.83. The van der Waals surface area contributed by atoms with Gasteiger partial charge in [-0.3, -0.25) is 4.90 Å². The Hall–Kier alpha value is -4.84. The lowest BCUT2D eigenvalue weighted by Crippen LogP contribution is -2.51. The first-order valence-electron chi connectivity index (χ1n) is 21.5. The normalized spacial score (nSPS) is 29.4. The van der Waals surface area contributed by atoms with Crippen LogP contribution in [-0.2, 0) is 35.9 Å². The van der Waals surface area contributed by atoms with Crippen LogP contribution in [0.5, 0.6) is 0 Å². The van der Waals surface area contributed by atoms with Crippen LogP contribution in [0.15, 0.2) is 91.0 Å². The number of fused-ring (bicyclic) bond motifs is 5. The van der Waals surface area contributed by atoms with Crippen molar-refractivity contribution in [3.63, 3.8) is 0 Å². The van der Waals surface area contributed by atoms with Gasteiger partial charge in [-0.05, 0) is 206 Å². The number of benzene rings is 6. The predicted octanol–water partition coefficient (Wildman–Crippen LogP) is 9.69. The average molecular weight is 741 g/mol. The van der Waals surface area contributed by atoms with Crippen molar-refractivity contribution in [2.45, 2.75) is 63.6 Å². The maximum Gasteiger partial charge on any atom is 0.0258 e. The fraction of sp³-hybridized carbons (Fsp3) is 0.321. The number of hydrogen-bond donors (Lipinski definition) is 3. The van der Waals surface area contributed by atoms with Gasteiger partial charge in [-0.2, -0.15) is 0 Å². The Bertz CT molecular complexity index is 2930. The van der Waals surface area contributed by atoms with Gasteiger partial charge in [0.15, 0.2) is 0 Å². The molecule has 4 aliphatic heterocycles. The molecule has 3 unspecified atom stereocenters. The lowest BCUT2D eigenvalue weighted by Gasteiger charge is -2.49. The van der Waals surface area contributed by atoms with Crippen molar-refractivity contribution in [3.8, 4) is 22.3 Å². The lowest BCUT2D eigenvalue weighted by molar-refractivity contribution is 0.0998. The summed E-state index contributed by atoms with van der Waals surface area (Å²) in [6.07, 6.45) is 0. The molecule has 4 heterocycles. The predicted molar refractivity (Wildman–Crippen MR) is 235 cm³/mol. The van der Waals surface area contributed by atoms with E-state index in [0.29, 0.717) is 0 Å².